The van der Waals surface area contributed by atoms with Crippen LogP contribution in [0.15, 0.2) is 59.2 Å². The van der Waals surface area contributed by atoms with Crippen molar-refractivity contribution in [1.82, 2.24) is 0 Å². The van der Waals surface area contributed by atoms with Crippen LogP contribution < -0.4 is 4.74 Å². The van der Waals surface area contributed by atoms with E-state index in [0.717, 1.165) is 16.9 Å². The number of ether oxygens (including phenoxy) is 2. The van der Waals surface area contributed by atoms with Crippen LogP contribution in [0.4, 0.5) is 0 Å². The van der Waals surface area contributed by atoms with Crippen molar-refractivity contribution in [2.24, 2.45) is 5.92 Å². The van der Waals surface area contributed by atoms with E-state index in [1.54, 1.807) is 0 Å². The minimum absolute atomic E-state index is 0.257. The van der Waals surface area contributed by atoms with Gasteiger partial charge in [-0.05, 0) is 49.1 Å². The molecule has 164 valence electrons. The maximum Gasteiger partial charge on any atom is 0.119 e. The van der Waals surface area contributed by atoms with Gasteiger partial charge in [-0.1, -0.05) is 42.0 Å². The summed E-state index contributed by atoms with van der Waals surface area (Å²) < 4.78 is 11.2. The smallest absolute Gasteiger partial charge is 0.119 e. The second kappa shape index (κ2) is 10.6. The van der Waals surface area contributed by atoms with Gasteiger partial charge in [-0.25, -0.2) is 0 Å². The molecular formula is C23H29ClO6. The molecule has 1 saturated heterocycles. The van der Waals surface area contributed by atoms with Crippen molar-refractivity contribution in [2.75, 3.05) is 13.2 Å². The zero-order valence-corrected chi connectivity index (χ0v) is 17.7. The number of rotatable bonds is 6. The van der Waals surface area contributed by atoms with Gasteiger partial charge >= 0.3 is 0 Å². The number of hydrogen-bond donors (Lipinski definition) is 4. The third-order valence-corrected chi connectivity index (χ3v) is 5.87. The van der Waals surface area contributed by atoms with Gasteiger partial charge < -0.3 is 29.9 Å². The van der Waals surface area contributed by atoms with Crippen LogP contribution in [-0.4, -0.2) is 64.2 Å². The summed E-state index contributed by atoms with van der Waals surface area (Å²) in [5.74, 6) is 0.560. The van der Waals surface area contributed by atoms with Gasteiger partial charge in [0.2, 0.25) is 0 Å². The van der Waals surface area contributed by atoms with Crippen LogP contribution in [0.5, 0.6) is 5.75 Å². The number of aliphatic hydroxyl groups is 4. The number of halogens is 1. The molecular weight excluding hydrogens is 408 g/mol. The molecule has 2 unspecified atom stereocenters. The van der Waals surface area contributed by atoms with Crippen molar-refractivity contribution in [1.29, 1.82) is 0 Å². The molecule has 0 radical (unpaired) electrons. The fourth-order valence-corrected chi connectivity index (χ4v) is 4.01. The topological polar surface area (TPSA) is 99.4 Å². The molecule has 1 aromatic carbocycles. The minimum Gasteiger partial charge on any atom is -0.494 e. The fraction of sp³-hybridized carbons (Fsp3) is 0.478. The standard InChI is InChI=1S/C23H29ClO6/c1-2-29-17-10-6-14(7-11-17)12-16-9-8-15(4-3-5-18(16)24)23-22(28)21(27)20(26)19(13-25)30-23/h3,5-11,15,19-23,25-28H,2,4,12-13H2,1H3/t15?,19-,20-,21?,22-,23+/m1/s1. The first-order valence-electron chi connectivity index (χ1n) is 10.2. The van der Waals surface area contributed by atoms with Crippen molar-refractivity contribution in [3.05, 3.63) is 64.7 Å². The summed E-state index contributed by atoms with van der Waals surface area (Å²) in [6.07, 6.45) is 3.01. The molecule has 1 aromatic rings. The van der Waals surface area contributed by atoms with Crippen molar-refractivity contribution in [2.45, 2.75) is 50.3 Å². The summed E-state index contributed by atoms with van der Waals surface area (Å²) >= 11 is 6.47. The van der Waals surface area contributed by atoms with E-state index < -0.39 is 37.1 Å². The molecule has 1 aliphatic heterocycles. The Morgan fingerprint density at radius 2 is 1.80 bits per heavy atom. The lowest BCUT2D eigenvalue weighted by atomic mass is 9.85. The summed E-state index contributed by atoms with van der Waals surface area (Å²) in [6.45, 7) is 2.11. The number of aliphatic hydroxyl groups excluding tert-OH is 4. The van der Waals surface area contributed by atoms with Gasteiger partial charge in [0.05, 0.1) is 19.3 Å². The highest BCUT2D eigenvalue weighted by atomic mass is 35.5. The highest BCUT2D eigenvalue weighted by Crippen LogP contribution is 2.31. The van der Waals surface area contributed by atoms with E-state index >= 15 is 0 Å². The lowest BCUT2D eigenvalue weighted by molar-refractivity contribution is -0.237. The maximum atomic E-state index is 10.4. The summed E-state index contributed by atoms with van der Waals surface area (Å²) in [6, 6.07) is 7.83. The van der Waals surface area contributed by atoms with Crippen LogP contribution >= 0.6 is 11.6 Å². The molecule has 1 fully saturated rings. The van der Waals surface area contributed by atoms with Crippen molar-refractivity contribution >= 4 is 11.6 Å². The number of allylic oxidation sites excluding steroid dienone is 5. The van der Waals surface area contributed by atoms with Crippen LogP contribution in [0.1, 0.15) is 18.9 Å². The Balaban J connectivity index is 1.76. The van der Waals surface area contributed by atoms with Gasteiger partial charge in [0.25, 0.3) is 0 Å². The zero-order valence-electron chi connectivity index (χ0n) is 16.9. The van der Waals surface area contributed by atoms with E-state index in [1.807, 2.05) is 55.5 Å². The van der Waals surface area contributed by atoms with Crippen molar-refractivity contribution in [3.8, 4) is 5.75 Å². The highest BCUT2D eigenvalue weighted by Gasteiger charge is 2.45. The van der Waals surface area contributed by atoms with Crippen LogP contribution in [0.2, 0.25) is 0 Å². The summed E-state index contributed by atoms with van der Waals surface area (Å²) in [5.41, 5.74) is 1.99. The molecule has 0 aromatic heterocycles. The van der Waals surface area contributed by atoms with Crippen LogP contribution in [0.25, 0.3) is 0 Å². The second-order valence-corrected chi connectivity index (χ2v) is 7.99. The quantitative estimate of drug-likeness (QED) is 0.545. The van der Waals surface area contributed by atoms with Crippen LogP contribution in [0, 0.1) is 5.92 Å². The Bertz CT molecular complexity index is 785. The molecule has 4 N–H and O–H groups in total. The third kappa shape index (κ3) is 5.32. The highest BCUT2D eigenvalue weighted by molar-refractivity contribution is 6.31. The zero-order chi connectivity index (χ0) is 21.7. The normalized spacial score (nSPS) is 32.1. The molecule has 0 amide bonds. The van der Waals surface area contributed by atoms with Crippen molar-refractivity contribution < 1.29 is 29.9 Å². The third-order valence-electron chi connectivity index (χ3n) is 5.50. The van der Waals surface area contributed by atoms with Gasteiger partial charge in [0, 0.05) is 11.0 Å². The summed E-state index contributed by atoms with van der Waals surface area (Å²) in [5, 5.41) is 40.6. The Morgan fingerprint density at radius 3 is 2.47 bits per heavy atom. The van der Waals surface area contributed by atoms with Crippen LogP contribution in [-0.2, 0) is 11.2 Å². The molecule has 1 aliphatic carbocycles. The van der Waals surface area contributed by atoms with Gasteiger partial charge in [-0.3, -0.25) is 0 Å². The fourth-order valence-electron chi connectivity index (χ4n) is 3.80. The second-order valence-electron chi connectivity index (χ2n) is 7.58. The first kappa shape index (κ1) is 23.0. The van der Waals surface area contributed by atoms with E-state index in [-0.39, 0.29) is 5.92 Å². The average Bonchev–Trinajstić information content (AvgIpc) is 2.74. The number of benzene rings is 1. The Morgan fingerprint density at radius 1 is 1.07 bits per heavy atom. The molecule has 0 bridgehead atoms. The molecule has 7 heteroatoms. The molecule has 3 rings (SSSR count). The predicted octanol–water partition coefficient (Wildman–Crippen LogP) is 2.10. The van der Waals surface area contributed by atoms with E-state index in [1.165, 1.54) is 0 Å². The largest absolute Gasteiger partial charge is 0.494 e. The van der Waals surface area contributed by atoms with E-state index in [4.69, 9.17) is 21.1 Å². The van der Waals surface area contributed by atoms with Gasteiger partial charge in [0.1, 0.15) is 30.2 Å². The molecule has 0 spiro atoms. The van der Waals surface area contributed by atoms with E-state index in [0.29, 0.717) is 24.5 Å². The molecule has 0 saturated carbocycles. The molecule has 1 heterocycles. The summed E-state index contributed by atoms with van der Waals surface area (Å²) in [7, 11) is 0. The SMILES string of the molecule is CCOc1ccc(CC2=C(Cl)C=CCC([C@@H]3O[C@H](CO)[C@@H](O)C(O)[C@H]3O)C=C2)cc1. The molecule has 30 heavy (non-hydrogen) atoms. The molecule has 6 nitrogen and oxygen atoms in total. The lowest BCUT2D eigenvalue weighted by Crippen LogP contribution is -2.60. The van der Waals surface area contributed by atoms with Crippen molar-refractivity contribution in [3.63, 3.8) is 0 Å². The van der Waals surface area contributed by atoms with Gasteiger partial charge in [-0.15, -0.1) is 0 Å². The van der Waals surface area contributed by atoms with Gasteiger partial charge in [-0.2, -0.15) is 0 Å². The Hall–Kier alpha value is -1.67. The first-order valence-corrected chi connectivity index (χ1v) is 10.6. The van der Waals surface area contributed by atoms with Gasteiger partial charge in [0.15, 0.2) is 0 Å². The maximum absolute atomic E-state index is 10.4. The Labute approximate surface area is 181 Å². The summed E-state index contributed by atoms with van der Waals surface area (Å²) in [4.78, 5) is 0. The average molecular weight is 437 g/mol. The first-order chi connectivity index (χ1) is 14.4. The predicted molar refractivity (Wildman–Crippen MR) is 114 cm³/mol. The van der Waals surface area contributed by atoms with E-state index in [9.17, 15) is 20.4 Å². The molecule has 2 aliphatic rings. The number of hydrogen-bond acceptors (Lipinski definition) is 6. The van der Waals surface area contributed by atoms with Crippen LogP contribution in [0.3, 0.4) is 0 Å². The van der Waals surface area contributed by atoms with E-state index in [2.05, 4.69) is 0 Å². The lowest BCUT2D eigenvalue weighted by Gasteiger charge is -2.42. The minimum atomic E-state index is -1.38. The molecule has 6 atom stereocenters. The monoisotopic (exact) mass is 436 g/mol. The Kier molecular flexibility index (Phi) is 8.11.